The third kappa shape index (κ3) is 3.80. The Morgan fingerprint density at radius 3 is 2.21 bits per heavy atom. The molecule has 1 fully saturated rings. The molecule has 1 N–H and O–H groups in total. The molecule has 4 aromatic rings. The molecule has 0 saturated carbocycles. The molecule has 0 bridgehead atoms. The van der Waals surface area contributed by atoms with Gasteiger partial charge in [-0.1, -0.05) is 30.3 Å². The van der Waals surface area contributed by atoms with E-state index in [-0.39, 0.29) is 12.1 Å². The lowest BCUT2D eigenvalue weighted by Gasteiger charge is -2.28. The largest absolute Gasteiger partial charge is 0.352 e. The zero-order valence-electron chi connectivity index (χ0n) is 19.1. The Morgan fingerprint density at radius 2 is 1.55 bits per heavy atom. The van der Waals surface area contributed by atoms with E-state index in [0.717, 1.165) is 16.5 Å². The number of benzene rings is 1. The third-order valence-electron chi connectivity index (χ3n) is 6.57. The summed E-state index contributed by atoms with van der Waals surface area (Å²) in [6.45, 7) is 7.25. The monoisotopic (exact) mass is 453 g/mol. The molecule has 6 heteroatoms. The summed E-state index contributed by atoms with van der Waals surface area (Å²) in [5.74, 6) is 0. The Kier molecular flexibility index (Phi) is 5.68. The zero-order chi connectivity index (χ0) is 22.9. The molecular weight excluding hydrogens is 426 g/mol. The Labute approximate surface area is 200 Å². The van der Waals surface area contributed by atoms with Crippen LogP contribution in [0.5, 0.6) is 0 Å². The molecule has 33 heavy (non-hydrogen) atoms. The first kappa shape index (κ1) is 21.3. The van der Waals surface area contributed by atoms with Crippen LogP contribution >= 0.6 is 12.2 Å². The molecule has 5 rings (SSSR count). The summed E-state index contributed by atoms with van der Waals surface area (Å²) >= 11 is 5.87. The first-order chi connectivity index (χ1) is 16.1. The number of nitrogens with one attached hydrogen (secondary N) is 1. The molecule has 1 saturated heterocycles. The van der Waals surface area contributed by atoms with Crippen LogP contribution in [-0.4, -0.2) is 24.5 Å². The van der Waals surface area contributed by atoms with Crippen molar-refractivity contribution in [2.24, 2.45) is 0 Å². The maximum Gasteiger partial charge on any atom is 0.170 e. The summed E-state index contributed by atoms with van der Waals surface area (Å²) in [5.41, 5.74) is 8.17. The number of aromatic nitrogens is 3. The van der Waals surface area contributed by atoms with Gasteiger partial charge in [0.25, 0.3) is 0 Å². The van der Waals surface area contributed by atoms with E-state index < -0.39 is 0 Å². The lowest BCUT2D eigenvalue weighted by Crippen LogP contribution is -2.30. The van der Waals surface area contributed by atoms with Gasteiger partial charge in [0.05, 0.1) is 30.0 Å². The average Bonchev–Trinajstić information content (AvgIpc) is 3.27. The number of thiocarbonyl (C=S) groups is 1. The van der Waals surface area contributed by atoms with Crippen LogP contribution in [0.25, 0.3) is 5.69 Å². The van der Waals surface area contributed by atoms with Crippen LogP contribution in [0, 0.1) is 20.8 Å². The SMILES string of the molecule is Cc1c([C@H]2[C@@H](c3ccccn3)NC(=S)N2Cc2ccccn2)c(C)n(-c2ccccc2)c1C. The first-order valence-corrected chi connectivity index (χ1v) is 11.6. The fourth-order valence-electron chi connectivity index (χ4n) is 4.96. The van der Waals surface area contributed by atoms with Crippen LogP contribution in [-0.2, 0) is 6.54 Å². The van der Waals surface area contributed by atoms with Crippen molar-refractivity contribution in [3.63, 3.8) is 0 Å². The normalized spacial score (nSPS) is 17.9. The quantitative estimate of drug-likeness (QED) is 0.412. The summed E-state index contributed by atoms with van der Waals surface area (Å²) in [5, 5.41) is 4.30. The van der Waals surface area contributed by atoms with Gasteiger partial charge in [-0.15, -0.1) is 0 Å². The Hall–Kier alpha value is -3.51. The molecule has 4 heterocycles. The molecule has 1 aliphatic rings. The van der Waals surface area contributed by atoms with Crippen molar-refractivity contribution < 1.29 is 0 Å². The smallest absolute Gasteiger partial charge is 0.170 e. The lowest BCUT2D eigenvalue weighted by molar-refractivity contribution is 0.306. The van der Waals surface area contributed by atoms with Crippen LogP contribution in [0.1, 0.15) is 46.0 Å². The maximum atomic E-state index is 5.87. The van der Waals surface area contributed by atoms with E-state index in [1.54, 1.807) is 0 Å². The van der Waals surface area contributed by atoms with E-state index in [1.165, 1.54) is 28.2 Å². The second-order valence-electron chi connectivity index (χ2n) is 8.46. The minimum absolute atomic E-state index is 0.00179. The molecule has 5 nitrogen and oxygen atoms in total. The van der Waals surface area contributed by atoms with Crippen molar-refractivity contribution in [1.29, 1.82) is 0 Å². The number of hydrogen-bond donors (Lipinski definition) is 1. The predicted octanol–water partition coefficient (Wildman–Crippen LogP) is 5.37. The average molecular weight is 454 g/mol. The van der Waals surface area contributed by atoms with Gasteiger partial charge in [-0.2, -0.15) is 0 Å². The molecule has 3 aromatic heterocycles. The highest BCUT2D eigenvalue weighted by molar-refractivity contribution is 7.80. The van der Waals surface area contributed by atoms with Gasteiger partial charge in [-0.05, 0) is 75.0 Å². The molecular formula is C27H27N5S. The van der Waals surface area contributed by atoms with Crippen molar-refractivity contribution in [3.8, 4) is 5.69 Å². The van der Waals surface area contributed by atoms with Crippen molar-refractivity contribution >= 4 is 17.3 Å². The third-order valence-corrected chi connectivity index (χ3v) is 6.93. The van der Waals surface area contributed by atoms with E-state index in [2.05, 4.69) is 81.9 Å². The van der Waals surface area contributed by atoms with Gasteiger partial charge in [0.2, 0.25) is 0 Å². The second-order valence-corrected chi connectivity index (χ2v) is 8.84. The molecule has 2 atom stereocenters. The van der Waals surface area contributed by atoms with E-state index in [4.69, 9.17) is 12.2 Å². The molecule has 0 spiro atoms. The van der Waals surface area contributed by atoms with Gasteiger partial charge in [0.1, 0.15) is 0 Å². The number of nitrogens with zero attached hydrogens (tertiary/aromatic N) is 4. The van der Waals surface area contributed by atoms with Gasteiger partial charge in [-0.3, -0.25) is 9.97 Å². The topological polar surface area (TPSA) is 46.0 Å². The van der Waals surface area contributed by atoms with Crippen molar-refractivity contribution in [2.75, 3.05) is 0 Å². The van der Waals surface area contributed by atoms with Gasteiger partial charge < -0.3 is 14.8 Å². The Balaban J connectivity index is 1.67. The number of para-hydroxylation sites is 1. The number of pyridine rings is 2. The van der Waals surface area contributed by atoms with Crippen LogP contribution in [0.3, 0.4) is 0 Å². The summed E-state index contributed by atoms with van der Waals surface area (Å²) in [7, 11) is 0. The van der Waals surface area contributed by atoms with Crippen molar-refractivity contribution in [1.82, 2.24) is 24.8 Å². The molecule has 0 radical (unpaired) electrons. The van der Waals surface area contributed by atoms with Crippen molar-refractivity contribution in [3.05, 3.63) is 113 Å². The fourth-order valence-corrected chi connectivity index (χ4v) is 5.27. The van der Waals surface area contributed by atoms with E-state index in [0.29, 0.717) is 6.54 Å². The maximum absolute atomic E-state index is 5.87. The molecule has 0 amide bonds. The van der Waals surface area contributed by atoms with Gasteiger partial charge in [-0.25, -0.2) is 0 Å². The number of hydrogen-bond acceptors (Lipinski definition) is 3. The highest BCUT2D eigenvalue weighted by Gasteiger charge is 2.42. The van der Waals surface area contributed by atoms with Crippen LogP contribution in [0.2, 0.25) is 0 Å². The van der Waals surface area contributed by atoms with E-state index in [1.807, 2.05) is 42.7 Å². The highest BCUT2D eigenvalue weighted by atomic mass is 32.1. The highest BCUT2D eigenvalue weighted by Crippen LogP contribution is 2.43. The standard InChI is InChI=1S/C27H27N5S/c1-18-19(2)32(22-12-5-4-6-13-22)20(3)24(18)26-25(23-14-8-10-16-29-23)30-27(33)31(26)17-21-11-7-9-15-28-21/h4-16,25-26H,17H2,1-3H3,(H,30,33)/t25-,26+/m1/s1. The Morgan fingerprint density at radius 1 is 0.848 bits per heavy atom. The van der Waals surface area contributed by atoms with E-state index in [9.17, 15) is 0 Å². The zero-order valence-corrected chi connectivity index (χ0v) is 19.9. The first-order valence-electron chi connectivity index (χ1n) is 11.2. The van der Waals surface area contributed by atoms with Crippen LogP contribution < -0.4 is 5.32 Å². The summed E-state index contributed by atoms with van der Waals surface area (Å²) < 4.78 is 2.35. The van der Waals surface area contributed by atoms with Crippen molar-refractivity contribution in [2.45, 2.75) is 39.4 Å². The molecule has 166 valence electrons. The Bertz CT molecular complexity index is 1270. The molecule has 0 unspecified atom stereocenters. The summed E-state index contributed by atoms with van der Waals surface area (Å²) in [6.07, 6.45) is 3.68. The van der Waals surface area contributed by atoms with Gasteiger partial charge in [0, 0.05) is 35.0 Å². The van der Waals surface area contributed by atoms with Gasteiger partial charge >= 0.3 is 0 Å². The summed E-state index contributed by atoms with van der Waals surface area (Å²) in [6, 6.07) is 22.5. The molecule has 1 aromatic carbocycles. The van der Waals surface area contributed by atoms with Crippen LogP contribution in [0.15, 0.2) is 79.1 Å². The minimum Gasteiger partial charge on any atom is -0.352 e. The lowest BCUT2D eigenvalue weighted by atomic mass is 9.93. The second kappa shape index (κ2) is 8.79. The predicted molar refractivity (Wildman–Crippen MR) is 135 cm³/mol. The van der Waals surface area contributed by atoms with Crippen LogP contribution in [0.4, 0.5) is 0 Å². The molecule has 1 aliphatic heterocycles. The molecule has 0 aliphatic carbocycles. The number of rotatable bonds is 5. The van der Waals surface area contributed by atoms with Gasteiger partial charge in [0.15, 0.2) is 5.11 Å². The fraction of sp³-hybridized carbons (Fsp3) is 0.222. The minimum atomic E-state index is -0.0502. The van der Waals surface area contributed by atoms with E-state index >= 15 is 0 Å². The summed E-state index contributed by atoms with van der Waals surface area (Å²) in [4.78, 5) is 11.5.